The van der Waals surface area contributed by atoms with E-state index in [9.17, 15) is 23.1 Å². The van der Waals surface area contributed by atoms with Crippen molar-refractivity contribution in [1.29, 1.82) is 0 Å². The molecule has 0 spiro atoms. The number of H-pyrrole nitrogens is 1. The molecule has 1 saturated carbocycles. The lowest BCUT2D eigenvalue weighted by molar-refractivity contribution is -0.139. The Balaban J connectivity index is 1.36. The number of aliphatic carboxylic acids is 1. The minimum absolute atomic E-state index is 0.0175. The van der Waals surface area contributed by atoms with Crippen molar-refractivity contribution in [3.05, 3.63) is 64.3 Å². The second-order valence-electron chi connectivity index (χ2n) is 9.37. The summed E-state index contributed by atoms with van der Waals surface area (Å²) in [5, 5.41) is 20.2. The molecule has 0 radical (unpaired) electrons. The van der Waals surface area contributed by atoms with E-state index >= 15 is 0 Å². The summed E-state index contributed by atoms with van der Waals surface area (Å²) in [6.07, 6.45) is -1.83. The Morgan fingerprint density at radius 3 is 2.65 bits per heavy atom. The highest BCUT2D eigenvalue weighted by atomic mass is 19.4. The number of hydrogen-bond donors (Lipinski definition) is 3. The van der Waals surface area contributed by atoms with Crippen LogP contribution in [0.3, 0.4) is 0 Å². The fourth-order valence-corrected chi connectivity index (χ4v) is 5.57. The zero-order chi connectivity index (χ0) is 24.0. The Hall–Kier alpha value is -3.00. The predicted molar refractivity (Wildman–Crippen MR) is 120 cm³/mol. The van der Waals surface area contributed by atoms with Crippen LogP contribution in [-0.4, -0.2) is 27.3 Å². The van der Waals surface area contributed by atoms with Crippen molar-refractivity contribution in [2.75, 3.05) is 0 Å². The lowest BCUT2D eigenvalue weighted by Crippen LogP contribution is -2.18. The standard InChI is InChI=1S/C26H26F3NO4/c27-26(28,29)21-10-14(4-7-17(21)18-2-1-3-23(18)31)13-34-16-6-9-22-20(12-16)19-8-5-15(11-24(32)33)25(19)30-22/h4,6-7,9-10,12,15,18,23,30-31H,1-3,5,8,11,13H2,(H,32,33). The van der Waals surface area contributed by atoms with Crippen LogP contribution in [0.15, 0.2) is 36.4 Å². The molecule has 5 rings (SSSR count). The van der Waals surface area contributed by atoms with Gasteiger partial charge in [0, 0.05) is 28.4 Å². The fraction of sp³-hybridized carbons (Fsp3) is 0.423. The molecule has 0 saturated heterocycles. The van der Waals surface area contributed by atoms with E-state index in [1.165, 1.54) is 6.07 Å². The summed E-state index contributed by atoms with van der Waals surface area (Å²) in [7, 11) is 0. The number of halogens is 3. The molecule has 2 aliphatic carbocycles. The number of aliphatic hydroxyl groups excluding tert-OH is 1. The number of aryl methyl sites for hydroxylation is 1. The van der Waals surface area contributed by atoms with Gasteiger partial charge in [0.05, 0.1) is 18.1 Å². The Labute approximate surface area is 194 Å². The highest BCUT2D eigenvalue weighted by Crippen LogP contribution is 2.43. The molecule has 1 fully saturated rings. The highest BCUT2D eigenvalue weighted by Gasteiger charge is 2.38. The van der Waals surface area contributed by atoms with Gasteiger partial charge in [-0.25, -0.2) is 0 Å². The Morgan fingerprint density at radius 2 is 1.94 bits per heavy atom. The van der Waals surface area contributed by atoms with E-state index < -0.39 is 29.7 Å². The smallest absolute Gasteiger partial charge is 0.416 e. The van der Waals surface area contributed by atoms with E-state index in [4.69, 9.17) is 9.84 Å². The highest BCUT2D eigenvalue weighted by molar-refractivity contribution is 5.87. The summed E-state index contributed by atoms with van der Waals surface area (Å²) in [5.74, 6) is -0.816. The normalized spacial score (nSPS) is 22.3. The van der Waals surface area contributed by atoms with E-state index in [0.29, 0.717) is 24.2 Å². The van der Waals surface area contributed by atoms with Crippen LogP contribution in [0.25, 0.3) is 10.9 Å². The molecular weight excluding hydrogens is 447 g/mol. The van der Waals surface area contributed by atoms with Crippen molar-refractivity contribution in [2.24, 2.45) is 0 Å². The van der Waals surface area contributed by atoms with E-state index in [1.807, 2.05) is 12.1 Å². The number of ether oxygens (including phenoxy) is 1. The molecule has 2 aromatic carbocycles. The number of fused-ring (bicyclic) bond motifs is 3. The molecule has 3 atom stereocenters. The SMILES string of the molecule is O=C(O)CC1CCc2c1[nH]c1ccc(OCc3ccc(C4CCCC4O)c(C(F)(F)F)c3)cc21. The Kier molecular flexibility index (Phi) is 5.80. The van der Waals surface area contributed by atoms with Crippen molar-refractivity contribution in [2.45, 2.75) is 69.2 Å². The van der Waals surface area contributed by atoms with Gasteiger partial charge in [-0.15, -0.1) is 0 Å². The van der Waals surface area contributed by atoms with Gasteiger partial charge in [-0.2, -0.15) is 13.2 Å². The quantitative estimate of drug-likeness (QED) is 0.416. The van der Waals surface area contributed by atoms with Gasteiger partial charge in [-0.3, -0.25) is 4.79 Å². The molecule has 180 valence electrons. The summed E-state index contributed by atoms with van der Waals surface area (Å²) < 4.78 is 47.2. The molecule has 0 aliphatic heterocycles. The molecule has 1 heterocycles. The summed E-state index contributed by atoms with van der Waals surface area (Å²) in [4.78, 5) is 14.5. The maximum atomic E-state index is 13.8. The van der Waals surface area contributed by atoms with Gasteiger partial charge in [-0.05, 0) is 66.6 Å². The zero-order valence-electron chi connectivity index (χ0n) is 18.5. The van der Waals surface area contributed by atoms with Gasteiger partial charge >= 0.3 is 12.1 Å². The lowest BCUT2D eigenvalue weighted by Gasteiger charge is -2.21. The number of carboxylic acid groups (broad SMARTS) is 1. The fourth-order valence-electron chi connectivity index (χ4n) is 5.57. The van der Waals surface area contributed by atoms with Crippen LogP contribution >= 0.6 is 0 Å². The number of hydrogen-bond acceptors (Lipinski definition) is 3. The first kappa shape index (κ1) is 22.8. The third-order valence-electron chi connectivity index (χ3n) is 7.19. The third-order valence-corrected chi connectivity index (χ3v) is 7.19. The van der Waals surface area contributed by atoms with Gasteiger partial charge in [-0.1, -0.05) is 18.6 Å². The number of carboxylic acids is 1. The lowest BCUT2D eigenvalue weighted by atomic mass is 9.90. The Morgan fingerprint density at radius 1 is 1.12 bits per heavy atom. The maximum absolute atomic E-state index is 13.8. The van der Waals surface area contributed by atoms with Crippen LogP contribution in [-0.2, 0) is 24.0 Å². The maximum Gasteiger partial charge on any atom is 0.416 e. The van der Waals surface area contributed by atoms with Gasteiger partial charge in [0.25, 0.3) is 0 Å². The monoisotopic (exact) mass is 473 g/mol. The topological polar surface area (TPSA) is 82.5 Å². The predicted octanol–water partition coefficient (Wildman–Crippen LogP) is 5.90. The number of nitrogens with one attached hydrogen (secondary N) is 1. The number of carbonyl (C=O) groups is 1. The van der Waals surface area contributed by atoms with Gasteiger partial charge < -0.3 is 19.9 Å². The largest absolute Gasteiger partial charge is 0.489 e. The minimum Gasteiger partial charge on any atom is -0.489 e. The average molecular weight is 473 g/mol. The van der Waals surface area contributed by atoms with E-state index in [-0.39, 0.29) is 24.5 Å². The summed E-state index contributed by atoms with van der Waals surface area (Å²) in [6, 6.07) is 9.72. The van der Waals surface area contributed by atoms with Crippen LogP contribution in [0.5, 0.6) is 5.75 Å². The number of benzene rings is 2. The second kappa shape index (κ2) is 8.65. The minimum atomic E-state index is -4.51. The Bertz CT molecular complexity index is 1230. The van der Waals surface area contributed by atoms with Crippen molar-refractivity contribution in [3.8, 4) is 5.75 Å². The number of rotatable bonds is 6. The molecule has 34 heavy (non-hydrogen) atoms. The third kappa shape index (κ3) is 4.27. The summed E-state index contributed by atoms with van der Waals surface area (Å²) >= 11 is 0. The van der Waals surface area contributed by atoms with Crippen molar-refractivity contribution in [3.63, 3.8) is 0 Å². The molecule has 3 N–H and O–H groups in total. The molecule has 5 nitrogen and oxygen atoms in total. The first-order valence-electron chi connectivity index (χ1n) is 11.6. The van der Waals surface area contributed by atoms with Gasteiger partial charge in [0.2, 0.25) is 0 Å². The molecule has 0 amide bonds. The number of aromatic amines is 1. The molecule has 0 bridgehead atoms. The average Bonchev–Trinajstić information content (AvgIpc) is 3.47. The summed E-state index contributed by atoms with van der Waals surface area (Å²) in [5.41, 5.74) is 2.79. The summed E-state index contributed by atoms with van der Waals surface area (Å²) in [6.45, 7) is -0.0175. The van der Waals surface area contributed by atoms with E-state index in [0.717, 1.165) is 47.5 Å². The molecule has 2 aliphatic rings. The number of aliphatic hydroxyl groups is 1. The first-order valence-corrected chi connectivity index (χ1v) is 11.6. The molecule has 3 aromatic rings. The molecule has 3 unspecified atom stereocenters. The van der Waals surface area contributed by atoms with Crippen molar-refractivity contribution in [1.82, 2.24) is 4.98 Å². The second-order valence-corrected chi connectivity index (χ2v) is 9.37. The first-order chi connectivity index (χ1) is 16.2. The van der Waals surface area contributed by atoms with Crippen LogP contribution in [0.1, 0.15) is 71.9 Å². The zero-order valence-corrected chi connectivity index (χ0v) is 18.5. The molecular formula is C26H26F3NO4. The van der Waals surface area contributed by atoms with Crippen LogP contribution in [0, 0.1) is 0 Å². The van der Waals surface area contributed by atoms with E-state index in [2.05, 4.69) is 4.98 Å². The molecule has 8 heteroatoms. The van der Waals surface area contributed by atoms with Crippen LogP contribution < -0.4 is 4.74 Å². The van der Waals surface area contributed by atoms with Gasteiger partial charge in [0.15, 0.2) is 0 Å². The molecule has 1 aromatic heterocycles. The van der Waals surface area contributed by atoms with Gasteiger partial charge in [0.1, 0.15) is 12.4 Å². The van der Waals surface area contributed by atoms with Crippen molar-refractivity contribution < 1.29 is 32.9 Å². The van der Waals surface area contributed by atoms with Crippen LogP contribution in [0.2, 0.25) is 0 Å². The van der Waals surface area contributed by atoms with Crippen molar-refractivity contribution >= 4 is 16.9 Å². The number of aromatic nitrogens is 1. The number of alkyl halides is 3. The van der Waals surface area contributed by atoms with E-state index in [1.54, 1.807) is 12.1 Å². The van der Waals surface area contributed by atoms with Crippen LogP contribution in [0.4, 0.5) is 13.2 Å².